The Kier molecular flexibility index (Phi) is 4.04. The molecule has 0 aromatic rings. The van der Waals surface area contributed by atoms with Crippen molar-refractivity contribution >= 4 is 16.2 Å². The van der Waals surface area contributed by atoms with Crippen molar-refractivity contribution in [1.29, 1.82) is 0 Å². The molecule has 0 aromatic heterocycles. The molecule has 0 unspecified atom stereocenters. The highest BCUT2D eigenvalue weighted by Gasteiger charge is 2.04. The SMILES string of the molecule is CC(C)C(=O)OC=C[SiH3]. The van der Waals surface area contributed by atoms with Gasteiger partial charge in [-0.25, -0.2) is 0 Å². The van der Waals surface area contributed by atoms with Crippen LogP contribution in [0.25, 0.3) is 0 Å². The van der Waals surface area contributed by atoms with Crippen molar-refractivity contribution in [3.63, 3.8) is 0 Å². The molecule has 52 valence electrons. The monoisotopic (exact) mass is 144 g/mol. The summed E-state index contributed by atoms with van der Waals surface area (Å²) in [7, 11) is 0.933. The molecular weight excluding hydrogens is 132 g/mol. The zero-order chi connectivity index (χ0) is 7.28. The Balaban J connectivity index is 3.51. The largest absolute Gasteiger partial charge is 0.435 e. The van der Waals surface area contributed by atoms with Gasteiger partial charge in [0.2, 0.25) is 0 Å². The van der Waals surface area contributed by atoms with Crippen LogP contribution in [0, 0.1) is 5.92 Å². The zero-order valence-corrected chi connectivity index (χ0v) is 8.05. The van der Waals surface area contributed by atoms with Crippen LogP contribution in [0.4, 0.5) is 0 Å². The minimum absolute atomic E-state index is 0.0251. The molecule has 0 aliphatic rings. The molecule has 2 nitrogen and oxygen atoms in total. The molecule has 0 saturated heterocycles. The molecule has 3 heteroatoms. The van der Waals surface area contributed by atoms with Crippen molar-refractivity contribution in [3.8, 4) is 0 Å². The number of carbonyl (C=O) groups is 1. The van der Waals surface area contributed by atoms with Gasteiger partial charge in [-0.15, -0.1) is 0 Å². The first kappa shape index (κ1) is 8.43. The number of hydrogen-bond donors (Lipinski definition) is 0. The third kappa shape index (κ3) is 3.97. The normalized spacial score (nSPS) is 11.0. The van der Waals surface area contributed by atoms with Gasteiger partial charge in [0.05, 0.1) is 12.2 Å². The van der Waals surface area contributed by atoms with Gasteiger partial charge in [0.25, 0.3) is 0 Å². The molecule has 0 bridgehead atoms. The summed E-state index contributed by atoms with van der Waals surface area (Å²) in [4.78, 5) is 10.6. The number of ether oxygens (including phenoxy) is 1. The Hall–Kier alpha value is -0.573. The lowest BCUT2D eigenvalue weighted by atomic mass is 10.2. The van der Waals surface area contributed by atoms with E-state index in [0.717, 1.165) is 10.2 Å². The molecule has 9 heavy (non-hydrogen) atoms. The highest BCUT2D eigenvalue weighted by atomic mass is 28.1. The van der Waals surface area contributed by atoms with Crippen LogP contribution in [0.1, 0.15) is 13.8 Å². The second-order valence-corrected chi connectivity index (χ2v) is 2.73. The fraction of sp³-hybridized carbons (Fsp3) is 0.500. The summed E-state index contributed by atoms with van der Waals surface area (Å²) < 4.78 is 4.67. The van der Waals surface area contributed by atoms with Gasteiger partial charge in [-0.2, -0.15) is 0 Å². The number of esters is 1. The van der Waals surface area contributed by atoms with E-state index in [1.807, 2.05) is 19.5 Å². The van der Waals surface area contributed by atoms with Crippen LogP contribution < -0.4 is 0 Å². The summed E-state index contributed by atoms with van der Waals surface area (Å²) in [5.74, 6) is -0.190. The lowest BCUT2D eigenvalue weighted by Gasteiger charge is -1.99. The first-order valence-electron chi connectivity index (χ1n) is 3.00. The first-order chi connectivity index (χ1) is 4.18. The predicted octanol–water partition coefficient (Wildman–Crippen LogP) is 0.0222. The van der Waals surface area contributed by atoms with Crippen molar-refractivity contribution in [2.75, 3.05) is 0 Å². The van der Waals surface area contributed by atoms with Gasteiger partial charge >= 0.3 is 5.97 Å². The molecule has 0 fully saturated rings. The molecule has 0 amide bonds. The molecule has 0 aliphatic heterocycles. The van der Waals surface area contributed by atoms with E-state index in [2.05, 4.69) is 4.74 Å². The van der Waals surface area contributed by atoms with Crippen LogP contribution in [0.2, 0.25) is 0 Å². The molecular formula is C6H12O2Si. The molecule has 0 N–H and O–H groups in total. The van der Waals surface area contributed by atoms with E-state index in [4.69, 9.17) is 0 Å². The van der Waals surface area contributed by atoms with E-state index >= 15 is 0 Å². The van der Waals surface area contributed by atoms with E-state index in [-0.39, 0.29) is 11.9 Å². The summed E-state index contributed by atoms with van der Waals surface area (Å²) in [5.41, 5.74) is 1.82. The fourth-order valence-corrected chi connectivity index (χ4v) is 0.407. The topological polar surface area (TPSA) is 26.3 Å². The third-order valence-electron chi connectivity index (χ3n) is 0.792. The van der Waals surface area contributed by atoms with Gasteiger partial charge < -0.3 is 4.74 Å². The molecule has 0 atom stereocenters. The fourth-order valence-electron chi connectivity index (χ4n) is 0.271. The van der Waals surface area contributed by atoms with Crippen LogP contribution in [0.3, 0.4) is 0 Å². The van der Waals surface area contributed by atoms with Gasteiger partial charge in [0.15, 0.2) is 0 Å². The lowest BCUT2D eigenvalue weighted by Crippen LogP contribution is -2.07. The van der Waals surface area contributed by atoms with Crippen LogP contribution >= 0.6 is 0 Å². The quantitative estimate of drug-likeness (QED) is 0.310. The highest BCUT2D eigenvalue weighted by Crippen LogP contribution is 1.94. The summed E-state index contributed by atoms with van der Waals surface area (Å²) >= 11 is 0. The maximum atomic E-state index is 10.6. The molecule has 0 saturated carbocycles. The maximum absolute atomic E-state index is 10.6. The summed E-state index contributed by atoms with van der Waals surface area (Å²) in [5, 5.41) is 0. The Morgan fingerprint density at radius 1 is 1.67 bits per heavy atom. The molecule has 0 rings (SSSR count). The van der Waals surface area contributed by atoms with Crippen molar-refractivity contribution in [2.45, 2.75) is 13.8 Å². The van der Waals surface area contributed by atoms with E-state index in [1.54, 1.807) is 0 Å². The van der Waals surface area contributed by atoms with Crippen LogP contribution in [-0.2, 0) is 9.53 Å². The summed E-state index contributed by atoms with van der Waals surface area (Å²) in [6.45, 7) is 3.62. The first-order valence-corrected chi connectivity index (χ1v) is 4.15. The number of rotatable bonds is 2. The van der Waals surface area contributed by atoms with Crippen molar-refractivity contribution in [2.24, 2.45) is 5.92 Å². The van der Waals surface area contributed by atoms with Crippen LogP contribution in [0.5, 0.6) is 0 Å². The van der Waals surface area contributed by atoms with Crippen LogP contribution in [-0.4, -0.2) is 16.2 Å². The number of carbonyl (C=O) groups excluding carboxylic acids is 1. The van der Waals surface area contributed by atoms with Gasteiger partial charge in [-0.05, 0) is 0 Å². The van der Waals surface area contributed by atoms with Crippen molar-refractivity contribution in [1.82, 2.24) is 0 Å². The minimum Gasteiger partial charge on any atom is -0.435 e. The summed E-state index contributed by atoms with van der Waals surface area (Å²) in [6, 6.07) is 0. The lowest BCUT2D eigenvalue weighted by molar-refractivity contribution is -0.141. The Morgan fingerprint density at radius 3 is 2.56 bits per heavy atom. The number of hydrogen-bond acceptors (Lipinski definition) is 2. The standard InChI is InChI=1S/C6H12O2Si/c1-5(2)6(7)8-3-4-9/h3-5H,1-2,9H3. The Morgan fingerprint density at radius 2 is 2.22 bits per heavy atom. The van der Waals surface area contributed by atoms with E-state index in [9.17, 15) is 4.79 Å². The second-order valence-electron chi connectivity index (χ2n) is 2.06. The highest BCUT2D eigenvalue weighted by molar-refractivity contribution is 6.16. The molecule has 0 heterocycles. The zero-order valence-electron chi connectivity index (χ0n) is 6.05. The van der Waals surface area contributed by atoms with Gasteiger partial charge in [-0.3, -0.25) is 4.79 Å². The molecule has 0 aliphatic carbocycles. The second kappa shape index (κ2) is 4.32. The smallest absolute Gasteiger partial charge is 0.313 e. The Bertz CT molecular complexity index is 118. The Labute approximate surface area is 58.3 Å². The van der Waals surface area contributed by atoms with E-state index < -0.39 is 0 Å². The summed E-state index contributed by atoms with van der Waals surface area (Å²) in [6.07, 6.45) is 1.45. The molecule has 0 spiro atoms. The predicted molar refractivity (Wildman–Crippen MR) is 40.0 cm³/mol. The maximum Gasteiger partial charge on any atom is 0.313 e. The molecule has 0 radical (unpaired) electrons. The minimum atomic E-state index is -0.165. The van der Waals surface area contributed by atoms with Crippen LogP contribution in [0.15, 0.2) is 12.0 Å². The third-order valence-corrected chi connectivity index (χ3v) is 1.06. The van der Waals surface area contributed by atoms with Crippen molar-refractivity contribution < 1.29 is 9.53 Å². The van der Waals surface area contributed by atoms with Gasteiger partial charge in [-0.1, -0.05) is 19.5 Å². The average Bonchev–Trinajstić information content (AvgIpc) is 1.82. The van der Waals surface area contributed by atoms with E-state index in [1.165, 1.54) is 6.26 Å². The van der Waals surface area contributed by atoms with E-state index in [0.29, 0.717) is 0 Å². The van der Waals surface area contributed by atoms with Gasteiger partial charge in [0, 0.05) is 10.2 Å². The van der Waals surface area contributed by atoms with Gasteiger partial charge in [0.1, 0.15) is 0 Å². The average molecular weight is 144 g/mol. The van der Waals surface area contributed by atoms with Crippen molar-refractivity contribution in [3.05, 3.63) is 12.0 Å². The molecule has 0 aromatic carbocycles.